The van der Waals surface area contributed by atoms with E-state index in [1.807, 2.05) is 0 Å². The quantitative estimate of drug-likeness (QED) is 0.511. The maximum atomic E-state index is 5.29. The summed E-state index contributed by atoms with van der Waals surface area (Å²) in [4.78, 5) is 0. The minimum Gasteiger partial charge on any atom is -0.356 e. The van der Waals surface area contributed by atoms with Crippen LogP contribution in [0.25, 0.3) is 0 Å². The van der Waals surface area contributed by atoms with Gasteiger partial charge in [-0.3, -0.25) is 0 Å². The van der Waals surface area contributed by atoms with Crippen LogP contribution < -0.4 is 0 Å². The predicted octanol–water partition coefficient (Wildman–Crippen LogP) is 1.16. The molecule has 2 nitrogen and oxygen atoms in total. The van der Waals surface area contributed by atoms with Crippen LogP contribution in [0.4, 0.5) is 0 Å². The molecule has 0 aromatic rings. The molecule has 48 valence electrons. The molecule has 0 amide bonds. The lowest BCUT2D eigenvalue weighted by atomic mass is 10.3. The third kappa shape index (κ3) is 1.20. The molecule has 1 fully saturated rings. The third-order valence-electron chi connectivity index (χ3n) is 1.46. The molecule has 0 radical (unpaired) electrons. The van der Waals surface area contributed by atoms with Gasteiger partial charge in [-0.15, -0.1) is 0 Å². The standard InChI is InChI=1S/C6H12O2/c1-5-3-4-6(7-2)8-5/h5-6H,3-4H2,1-2H3/t5-,6?/m1/s1. The minimum absolute atomic E-state index is 0.0741. The van der Waals surface area contributed by atoms with Crippen molar-refractivity contribution in [3.05, 3.63) is 0 Å². The molecule has 8 heavy (non-hydrogen) atoms. The zero-order valence-electron chi connectivity index (χ0n) is 5.39. The van der Waals surface area contributed by atoms with Crippen molar-refractivity contribution < 1.29 is 9.47 Å². The van der Waals surface area contributed by atoms with E-state index in [-0.39, 0.29) is 6.29 Å². The van der Waals surface area contributed by atoms with E-state index in [4.69, 9.17) is 9.47 Å². The molecule has 1 rings (SSSR count). The number of hydrogen-bond acceptors (Lipinski definition) is 2. The summed E-state index contributed by atoms with van der Waals surface area (Å²) in [6, 6.07) is 0. The maximum absolute atomic E-state index is 5.29. The summed E-state index contributed by atoms with van der Waals surface area (Å²) in [6.07, 6.45) is 2.67. The zero-order chi connectivity index (χ0) is 5.98. The number of methoxy groups -OCH3 is 1. The zero-order valence-corrected chi connectivity index (χ0v) is 5.39. The van der Waals surface area contributed by atoms with Crippen molar-refractivity contribution in [2.24, 2.45) is 0 Å². The highest BCUT2D eigenvalue weighted by Crippen LogP contribution is 2.18. The van der Waals surface area contributed by atoms with Gasteiger partial charge in [0.1, 0.15) is 0 Å². The largest absolute Gasteiger partial charge is 0.356 e. The van der Waals surface area contributed by atoms with Crippen LogP contribution in [0.1, 0.15) is 19.8 Å². The van der Waals surface area contributed by atoms with Gasteiger partial charge >= 0.3 is 0 Å². The molecular formula is C6H12O2. The minimum atomic E-state index is 0.0741. The molecule has 2 atom stereocenters. The molecule has 1 aliphatic rings. The molecule has 0 spiro atoms. The highest BCUT2D eigenvalue weighted by molar-refractivity contribution is 4.61. The summed E-state index contributed by atoms with van der Waals surface area (Å²) in [6.45, 7) is 2.07. The molecule has 0 aromatic carbocycles. The van der Waals surface area contributed by atoms with Gasteiger partial charge in [0, 0.05) is 13.5 Å². The summed E-state index contributed by atoms with van der Waals surface area (Å²) >= 11 is 0. The van der Waals surface area contributed by atoms with E-state index in [2.05, 4.69) is 6.92 Å². The van der Waals surface area contributed by atoms with E-state index in [0.717, 1.165) is 12.8 Å². The molecule has 1 saturated heterocycles. The van der Waals surface area contributed by atoms with Gasteiger partial charge < -0.3 is 9.47 Å². The fourth-order valence-corrected chi connectivity index (χ4v) is 0.939. The average Bonchev–Trinajstić information content (AvgIpc) is 2.14. The molecular weight excluding hydrogens is 104 g/mol. The van der Waals surface area contributed by atoms with Gasteiger partial charge in [-0.1, -0.05) is 0 Å². The highest BCUT2D eigenvalue weighted by Gasteiger charge is 2.20. The SMILES string of the molecule is COC1CC[C@@H](C)O1. The van der Waals surface area contributed by atoms with Crippen LogP contribution in [0, 0.1) is 0 Å². The van der Waals surface area contributed by atoms with Gasteiger partial charge in [0.15, 0.2) is 6.29 Å². The Hall–Kier alpha value is -0.0800. The monoisotopic (exact) mass is 116 g/mol. The molecule has 0 saturated carbocycles. The van der Waals surface area contributed by atoms with E-state index in [0.29, 0.717) is 6.10 Å². The fraction of sp³-hybridized carbons (Fsp3) is 1.00. The summed E-state index contributed by atoms with van der Waals surface area (Å²) in [5.74, 6) is 0. The number of hydrogen-bond donors (Lipinski definition) is 0. The molecule has 0 N–H and O–H groups in total. The van der Waals surface area contributed by atoms with Gasteiger partial charge in [0.25, 0.3) is 0 Å². The average molecular weight is 116 g/mol. The number of rotatable bonds is 1. The first-order valence-corrected chi connectivity index (χ1v) is 3.01. The Labute approximate surface area is 49.8 Å². The van der Waals surface area contributed by atoms with Crippen molar-refractivity contribution in [3.8, 4) is 0 Å². The van der Waals surface area contributed by atoms with Crippen LogP contribution in [0.3, 0.4) is 0 Å². The molecule has 0 aromatic heterocycles. The van der Waals surface area contributed by atoms with Gasteiger partial charge in [0.2, 0.25) is 0 Å². The lowest BCUT2D eigenvalue weighted by molar-refractivity contribution is -0.110. The first-order chi connectivity index (χ1) is 3.83. The highest BCUT2D eigenvalue weighted by atomic mass is 16.7. The van der Waals surface area contributed by atoms with Crippen molar-refractivity contribution in [3.63, 3.8) is 0 Å². The summed E-state index contributed by atoms with van der Waals surface area (Å²) < 4.78 is 10.2. The van der Waals surface area contributed by atoms with Crippen LogP contribution >= 0.6 is 0 Å². The summed E-state index contributed by atoms with van der Waals surface area (Å²) in [5.41, 5.74) is 0. The Morgan fingerprint density at radius 3 is 2.50 bits per heavy atom. The Morgan fingerprint density at radius 1 is 1.50 bits per heavy atom. The number of ether oxygens (including phenoxy) is 2. The first kappa shape index (κ1) is 6.05. The van der Waals surface area contributed by atoms with Crippen LogP contribution in [-0.4, -0.2) is 19.5 Å². The van der Waals surface area contributed by atoms with Crippen molar-refractivity contribution >= 4 is 0 Å². The fourth-order valence-electron chi connectivity index (χ4n) is 0.939. The lowest BCUT2D eigenvalue weighted by Crippen LogP contribution is -2.09. The van der Waals surface area contributed by atoms with Gasteiger partial charge in [-0.2, -0.15) is 0 Å². The van der Waals surface area contributed by atoms with E-state index in [9.17, 15) is 0 Å². The van der Waals surface area contributed by atoms with Crippen molar-refractivity contribution in [2.75, 3.05) is 7.11 Å². The van der Waals surface area contributed by atoms with Crippen LogP contribution in [0.5, 0.6) is 0 Å². The molecule has 0 aliphatic carbocycles. The normalized spacial score (nSPS) is 38.2. The van der Waals surface area contributed by atoms with E-state index < -0.39 is 0 Å². The second-order valence-electron chi connectivity index (χ2n) is 2.19. The second-order valence-corrected chi connectivity index (χ2v) is 2.19. The molecule has 0 bridgehead atoms. The molecule has 1 unspecified atom stereocenters. The summed E-state index contributed by atoms with van der Waals surface area (Å²) in [5, 5.41) is 0. The first-order valence-electron chi connectivity index (χ1n) is 3.01. The van der Waals surface area contributed by atoms with Crippen LogP contribution in [-0.2, 0) is 9.47 Å². The Morgan fingerprint density at radius 2 is 2.25 bits per heavy atom. The maximum Gasteiger partial charge on any atom is 0.157 e. The van der Waals surface area contributed by atoms with E-state index >= 15 is 0 Å². The van der Waals surface area contributed by atoms with Crippen LogP contribution in [0.15, 0.2) is 0 Å². The Bertz CT molecular complexity index is 72.9. The molecule has 1 aliphatic heterocycles. The smallest absolute Gasteiger partial charge is 0.157 e. The van der Waals surface area contributed by atoms with Crippen molar-refractivity contribution in [2.45, 2.75) is 32.2 Å². The summed E-state index contributed by atoms with van der Waals surface area (Å²) in [7, 11) is 1.68. The van der Waals surface area contributed by atoms with E-state index in [1.54, 1.807) is 7.11 Å². The Balaban J connectivity index is 2.22. The van der Waals surface area contributed by atoms with Gasteiger partial charge in [0.05, 0.1) is 6.10 Å². The Kier molecular flexibility index (Phi) is 1.86. The van der Waals surface area contributed by atoms with Crippen molar-refractivity contribution in [1.82, 2.24) is 0 Å². The molecule has 2 heteroatoms. The predicted molar refractivity (Wildman–Crippen MR) is 30.6 cm³/mol. The van der Waals surface area contributed by atoms with Gasteiger partial charge in [-0.05, 0) is 13.3 Å². The third-order valence-corrected chi connectivity index (χ3v) is 1.46. The van der Waals surface area contributed by atoms with E-state index in [1.165, 1.54) is 0 Å². The van der Waals surface area contributed by atoms with Crippen molar-refractivity contribution in [1.29, 1.82) is 0 Å². The molecule has 1 heterocycles. The van der Waals surface area contributed by atoms with Crippen LogP contribution in [0.2, 0.25) is 0 Å². The second kappa shape index (κ2) is 2.46. The van der Waals surface area contributed by atoms with Gasteiger partial charge in [-0.25, -0.2) is 0 Å². The lowest BCUT2D eigenvalue weighted by Gasteiger charge is -2.06. The topological polar surface area (TPSA) is 18.5 Å².